The fraction of sp³-hybridized carbons (Fsp3) is 0.303. The van der Waals surface area contributed by atoms with Crippen LogP contribution in [0.25, 0.3) is 11.3 Å². The molecule has 48 heavy (non-hydrogen) atoms. The minimum Gasteiger partial charge on any atom is -0.507 e. The number of benzene rings is 2. The number of amides is 5. The number of nitrogens with two attached hydrogens (primary N) is 1. The Morgan fingerprint density at radius 2 is 1.71 bits per heavy atom. The molecule has 4 heterocycles. The maximum Gasteiger partial charge on any atom is 0.264 e. The lowest BCUT2D eigenvalue weighted by atomic mass is 10.0. The van der Waals surface area contributed by atoms with Crippen LogP contribution in [0.5, 0.6) is 5.75 Å². The van der Waals surface area contributed by atoms with Crippen molar-refractivity contribution >= 4 is 46.7 Å². The predicted octanol–water partition coefficient (Wildman–Crippen LogP) is 1.56. The summed E-state index contributed by atoms with van der Waals surface area (Å²) in [6, 6.07) is 12.0. The van der Waals surface area contributed by atoms with Gasteiger partial charge in [-0.15, -0.1) is 10.2 Å². The first-order chi connectivity index (χ1) is 23.1. The van der Waals surface area contributed by atoms with Crippen LogP contribution in [0, 0.1) is 0 Å². The number of carbonyl (C=O) groups is 5. The number of fused-ring (bicyclic) bond motifs is 1. The monoisotopic (exact) mass is 654 g/mol. The molecule has 0 saturated carbocycles. The molecule has 0 aliphatic carbocycles. The Hall–Kier alpha value is -5.83. The van der Waals surface area contributed by atoms with Crippen molar-refractivity contribution < 1.29 is 33.8 Å². The molecule has 3 aliphatic heterocycles. The van der Waals surface area contributed by atoms with Crippen LogP contribution >= 0.6 is 0 Å². The van der Waals surface area contributed by atoms with Gasteiger partial charge in [0.15, 0.2) is 5.82 Å². The quantitative estimate of drug-likeness (QED) is 0.209. The number of rotatable bonds is 9. The molecule has 2 aromatic carbocycles. The van der Waals surface area contributed by atoms with Gasteiger partial charge in [-0.25, -0.2) is 0 Å². The van der Waals surface area contributed by atoms with Gasteiger partial charge in [-0.2, -0.15) is 0 Å². The highest BCUT2D eigenvalue weighted by Crippen LogP contribution is 2.34. The largest absolute Gasteiger partial charge is 0.507 e. The topological polar surface area (TPSA) is 209 Å². The molecular formula is C33H34N8O7. The average molecular weight is 655 g/mol. The maximum atomic E-state index is 13.3. The second kappa shape index (κ2) is 13.5. The van der Waals surface area contributed by atoms with Gasteiger partial charge in [0.1, 0.15) is 25.0 Å². The van der Waals surface area contributed by atoms with Crippen molar-refractivity contribution in [1.29, 1.82) is 0 Å². The minimum absolute atomic E-state index is 0.00382. The molecule has 15 nitrogen and oxygen atoms in total. The highest BCUT2D eigenvalue weighted by Gasteiger charge is 2.45. The van der Waals surface area contributed by atoms with Crippen LogP contribution in [0.2, 0.25) is 0 Å². The van der Waals surface area contributed by atoms with Crippen molar-refractivity contribution in [2.75, 3.05) is 42.3 Å². The fourth-order valence-corrected chi connectivity index (χ4v) is 6.12. The number of imide groups is 1. The molecule has 1 aromatic heterocycles. The van der Waals surface area contributed by atoms with Crippen molar-refractivity contribution in [3.8, 4) is 17.0 Å². The van der Waals surface area contributed by atoms with E-state index < -0.39 is 42.2 Å². The Morgan fingerprint density at radius 3 is 2.46 bits per heavy atom. The molecule has 2 saturated heterocycles. The maximum absolute atomic E-state index is 13.3. The number of nitrogen functional groups attached to an aromatic ring is 1. The summed E-state index contributed by atoms with van der Waals surface area (Å²) in [5.74, 6) is -2.44. The zero-order valence-corrected chi connectivity index (χ0v) is 25.9. The third-order valence-electron chi connectivity index (χ3n) is 8.50. The highest BCUT2D eigenvalue weighted by molar-refractivity contribution is 6.25. The summed E-state index contributed by atoms with van der Waals surface area (Å²) in [5.41, 5.74) is 8.55. The van der Waals surface area contributed by atoms with Gasteiger partial charge in [-0.3, -0.25) is 28.9 Å². The van der Waals surface area contributed by atoms with E-state index in [0.29, 0.717) is 55.0 Å². The average Bonchev–Trinajstić information content (AvgIpc) is 3.32. The van der Waals surface area contributed by atoms with Gasteiger partial charge < -0.3 is 36.4 Å². The van der Waals surface area contributed by atoms with Crippen molar-refractivity contribution in [2.45, 2.75) is 37.8 Å². The standard InChI is InChI=1S/C33H34N8O7/c1-18-9-10-24(31(45)35-18)41-32(46)21-6-4-7-22(29(21)33(41)47)37-28(44)17-48-16-27(43)36-19-11-13-40(14-12-19)25-15-23(38-39-30(25)34)20-5-2-3-8-26(20)42/h2-8,15,19,24,42H,1,9-14,16-17H2,(H2,34,39)(H,35,45)(H,36,43)(H,37,44). The predicted molar refractivity (Wildman–Crippen MR) is 174 cm³/mol. The number of aromatic nitrogens is 2. The summed E-state index contributed by atoms with van der Waals surface area (Å²) in [5, 5.41) is 26.5. The lowest BCUT2D eigenvalue weighted by Gasteiger charge is -2.34. The fourth-order valence-electron chi connectivity index (χ4n) is 6.12. The first-order valence-corrected chi connectivity index (χ1v) is 15.4. The lowest BCUT2D eigenvalue weighted by Crippen LogP contribution is -2.51. The molecule has 248 valence electrons. The van der Waals surface area contributed by atoms with Crippen LogP contribution < -0.4 is 26.6 Å². The van der Waals surface area contributed by atoms with E-state index in [4.69, 9.17) is 10.5 Å². The Balaban J connectivity index is 0.972. The van der Waals surface area contributed by atoms with E-state index in [2.05, 4.69) is 37.6 Å². The first-order valence-electron chi connectivity index (χ1n) is 15.4. The highest BCUT2D eigenvalue weighted by atomic mass is 16.5. The third kappa shape index (κ3) is 6.53. The number of nitrogens with one attached hydrogen (secondary N) is 3. The number of anilines is 3. The van der Waals surface area contributed by atoms with Crippen LogP contribution in [0.1, 0.15) is 46.4 Å². The summed E-state index contributed by atoms with van der Waals surface area (Å²) >= 11 is 0. The number of nitrogens with zero attached hydrogens (tertiary/aromatic N) is 4. The van der Waals surface area contributed by atoms with E-state index >= 15 is 0 Å². The smallest absolute Gasteiger partial charge is 0.264 e. The molecule has 1 unspecified atom stereocenters. The number of allylic oxidation sites excluding steroid dienone is 1. The van der Waals surface area contributed by atoms with E-state index in [1.165, 1.54) is 18.2 Å². The van der Waals surface area contributed by atoms with Crippen molar-refractivity contribution in [1.82, 2.24) is 25.7 Å². The molecule has 6 rings (SSSR count). The molecule has 1 atom stereocenters. The van der Waals surface area contributed by atoms with E-state index in [0.717, 1.165) is 4.90 Å². The summed E-state index contributed by atoms with van der Waals surface area (Å²) in [6.45, 7) is 4.07. The van der Waals surface area contributed by atoms with Gasteiger partial charge in [0, 0.05) is 30.4 Å². The van der Waals surface area contributed by atoms with Crippen LogP contribution in [0.4, 0.5) is 17.2 Å². The molecule has 15 heteroatoms. The van der Waals surface area contributed by atoms with Crippen LogP contribution in [0.15, 0.2) is 60.8 Å². The molecule has 6 N–H and O–H groups in total. The second-order valence-electron chi connectivity index (χ2n) is 11.7. The number of aromatic hydroxyl groups is 1. The van der Waals surface area contributed by atoms with Crippen LogP contribution in [-0.4, -0.2) is 88.1 Å². The van der Waals surface area contributed by atoms with Gasteiger partial charge in [0.25, 0.3) is 11.8 Å². The van der Waals surface area contributed by atoms with Crippen LogP contribution in [0.3, 0.4) is 0 Å². The number of phenols is 1. The normalized spacial score (nSPS) is 18.0. The molecule has 3 aliphatic rings. The summed E-state index contributed by atoms with van der Waals surface area (Å²) in [7, 11) is 0. The Morgan fingerprint density at radius 1 is 0.979 bits per heavy atom. The number of phenolic OH excluding ortho intramolecular Hbond substituents is 1. The van der Waals surface area contributed by atoms with Crippen molar-refractivity contribution in [2.24, 2.45) is 0 Å². The number of hydrogen-bond donors (Lipinski definition) is 5. The number of carbonyl (C=O) groups excluding carboxylic acids is 5. The minimum atomic E-state index is -0.978. The number of piperidine rings is 2. The SMILES string of the molecule is C=C1CCC(N2C(=O)c3cccc(NC(=O)COCC(=O)NC4CCN(c5cc(-c6ccccc6O)nnc5N)CC4)c3C2=O)C(=O)N1. The van der Waals surface area contributed by atoms with Gasteiger partial charge in [0.05, 0.1) is 28.2 Å². The molecule has 0 bridgehead atoms. The van der Waals surface area contributed by atoms with Crippen LogP contribution in [-0.2, 0) is 19.1 Å². The van der Waals surface area contributed by atoms with E-state index in [1.807, 2.05) is 0 Å². The Labute approximate surface area is 275 Å². The zero-order valence-electron chi connectivity index (χ0n) is 25.9. The van der Waals surface area contributed by atoms with Gasteiger partial charge >= 0.3 is 0 Å². The zero-order chi connectivity index (χ0) is 33.9. The Bertz CT molecular complexity index is 1820. The lowest BCUT2D eigenvalue weighted by molar-refractivity contribution is -0.129. The van der Waals surface area contributed by atoms with Crippen molar-refractivity contribution in [3.05, 3.63) is 71.9 Å². The molecule has 3 aromatic rings. The molecular weight excluding hydrogens is 620 g/mol. The number of ether oxygens (including phenoxy) is 1. The summed E-state index contributed by atoms with van der Waals surface area (Å²) in [6.07, 6.45) is 1.93. The molecule has 0 radical (unpaired) electrons. The van der Waals surface area contributed by atoms with Gasteiger partial charge in [-0.1, -0.05) is 24.8 Å². The van der Waals surface area contributed by atoms with E-state index in [9.17, 15) is 29.1 Å². The third-order valence-corrected chi connectivity index (χ3v) is 8.50. The van der Waals surface area contributed by atoms with Crippen molar-refractivity contribution in [3.63, 3.8) is 0 Å². The van der Waals surface area contributed by atoms with E-state index in [-0.39, 0.29) is 47.5 Å². The number of hydrogen-bond acceptors (Lipinski definition) is 11. The number of para-hydroxylation sites is 1. The van der Waals surface area contributed by atoms with E-state index in [1.54, 1.807) is 30.3 Å². The Kier molecular flexibility index (Phi) is 9.03. The second-order valence-corrected chi connectivity index (χ2v) is 11.7. The summed E-state index contributed by atoms with van der Waals surface area (Å²) < 4.78 is 5.34. The van der Waals surface area contributed by atoms with Gasteiger partial charge in [0.2, 0.25) is 17.7 Å². The molecule has 2 fully saturated rings. The summed E-state index contributed by atoms with van der Waals surface area (Å²) in [4.78, 5) is 67.1. The first kappa shape index (κ1) is 32.1. The van der Waals surface area contributed by atoms with Gasteiger partial charge in [-0.05, 0) is 56.0 Å². The molecule has 5 amide bonds. The molecule has 0 spiro atoms.